The van der Waals surface area contributed by atoms with Crippen LogP contribution in [0.3, 0.4) is 0 Å². The quantitative estimate of drug-likeness (QED) is 0.630. The van der Waals surface area contributed by atoms with Crippen LogP contribution in [0.2, 0.25) is 0 Å². The second-order valence-corrected chi connectivity index (χ2v) is 6.35. The normalized spacial score (nSPS) is 10.5. The van der Waals surface area contributed by atoms with Gasteiger partial charge in [-0.25, -0.2) is 0 Å². The second-order valence-electron chi connectivity index (χ2n) is 6.35. The lowest BCUT2D eigenvalue weighted by atomic mass is 10.1. The maximum Gasteiger partial charge on any atom is 0.255 e. The second kappa shape index (κ2) is 9.45. The molecule has 0 saturated carbocycles. The summed E-state index contributed by atoms with van der Waals surface area (Å²) in [5.74, 6) is -0.556. The average molecular weight is 377 g/mol. The number of benzene rings is 1. The summed E-state index contributed by atoms with van der Waals surface area (Å²) in [7, 11) is 0. The minimum Gasteiger partial charge on any atom is -0.355 e. The monoisotopic (exact) mass is 377 g/mol. The fourth-order valence-corrected chi connectivity index (χ4v) is 2.74. The molecule has 0 bridgehead atoms. The fourth-order valence-electron chi connectivity index (χ4n) is 2.74. The van der Waals surface area contributed by atoms with E-state index in [4.69, 9.17) is 0 Å². The van der Waals surface area contributed by atoms with E-state index in [1.165, 1.54) is 0 Å². The third-order valence-corrected chi connectivity index (χ3v) is 4.11. The molecule has 2 amide bonds. The highest BCUT2D eigenvalue weighted by Crippen LogP contribution is 2.21. The number of nitrogens with one attached hydrogen (secondary N) is 2. The SMILES string of the molecule is CCCNC(=O)CNC(=O)c1cn(Cc2ccccc2)nc1-c1cccnc1. The molecule has 0 spiro atoms. The number of amides is 2. The minimum atomic E-state index is -0.343. The van der Waals surface area contributed by atoms with Crippen LogP contribution in [0.1, 0.15) is 29.3 Å². The Balaban J connectivity index is 1.81. The van der Waals surface area contributed by atoms with Gasteiger partial charge in [-0.05, 0) is 24.1 Å². The van der Waals surface area contributed by atoms with Gasteiger partial charge in [0.2, 0.25) is 5.91 Å². The van der Waals surface area contributed by atoms with Crippen molar-refractivity contribution in [1.29, 1.82) is 0 Å². The fraction of sp³-hybridized carbons (Fsp3) is 0.238. The van der Waals surface area contributed by atoms with Gasteiger partial charge in [0.05, 0.1) is 18.7 Å². The van der Waals surface area contributed by atoms with Crippen molar-refractivity contribution < 1.29 is 9.59 Å². The molecule has 7 nitrogen and oxygen atoms in total. The summed E-state index contributed by atoms with van der Waals surface area (Å²) < 4.78 is 1.73. The molecule has 0 unspecified atom stereocenters. The predicted molar refractivity (Wildman–Crippen MR) is 107 cm³/mol. The van der Waals surface area contributed by atoms with Gasteiger partial charge in [0.1, 0.15) is 5.69 Å². The number of nitrogens with zero attached hydrogens (tertiary/aromatic N) is 3. The molecule has 7 heteroatoms. The van der Waals surface area contributed by atoms with Crippen molar-refractivity contribution >= 4 is 11.8 Å². The molecule has 0 fully saturated rings. The molecule has 28 heavy (non-hydrogen) atoms. The third-order valence-electron chi connectivity index (χ3n) is 4.11. The summed E-state index contributed by atoms with van der Waals surface area (Å²) in [4.78, 5) is 28.6. The smallest absolute Gasteiger partial charge is 0.255 e. The highest BCUT2D eigenvalue weighted by Gasteiger charge is 2.19. The molecule has 0 aliphatic carbocycles. The highest BCUT2D eigenvalue weighted by molar-refractivity contribution is 6.01. The Morgan fingerprint density at radius 2 is 1.89 bits per heavy atom. The van der Waals surface area contributed by atoms with Crippen molar-refractivity contribution in [1.82, 2.24) is 25.4 Å². The Labute approximate surface area is 163 Å². The summed E-state index contributed by atoms with van der Waals surface area (Å²) in [6.07, 6.45) is 5.88. The number of pyridine rings is 1. The lowest BCUT2D eigenvalue weighted by Gasteiger charge is -2.06. The van der Waals surface area contributed by atoms with E-state index >= 15 is 0 Å². The Hall–Kier alpha value is -3.48. The van der Waals surface area contributed by atoms with Gasteiger partial charge in [0.15, 0.2) is 0 Å². The van der Waals surface area contributed by atoms with Crippen LogP contribution in [0.5, 0.6) is 0 Å². The third kappa shape index (κ3) is 5.03. The van der Waals surface area contributed by atoms with Crippen LogP contribution < -0.4 is 10.6 Å². The first-order chi connectivity index (χ1) is 13.7. The van der Waals surface area contributed by atoms with Crippen molar-refractivity contribution in [2.24, 2.45) is 0 Å². The number of aromatic nitrogens is 3. The number of carbonyl (C=O) groups is 2. The molecule has 0 atom stereocenters. The first kappa shape index (κ1) is 19.3. The summed E-state index contributed by atoms with van der Waals surface area (Å²) in [6, 6.07) is 13.5. The van der Waals surface area contributed by atoms with E-state index < -0.39 is 0 Å². The summed E-state index contributed by atoms with van der Waals surface area (Å²) in [5, 5.41) is 10.00. The maximum absolute atomic E-state index is 12.7. The van der Waals surface area contributed by atoms with Gasteiger partial charge in [-0.3, -0.25) is 19.3 Å². The van der Waals surface area contributed by atoms with E-state index in [2.05, 4.69) is 20.7 Å². The van der Waals surface area contributed by atoms with Crippen molar-refractivity contribution in [3.63, 3.8) is 0 Å². The molecule has 1 aromatic carbocycles. The van der Waals surface area contributed by atoms with Gasteiger partial charge < -0.3 is 10.6 Å². The van der Waals surface area contributed by atoms with Gasteiger partial charge in [-0.1, -0.05) is 37.3 Å². The molecule has 3 rings (SSSR count). The van der Waals surface area contributed by atoms with E-state index in [0.29, 0.717) is 24.3 Å². The van der Waals surface area contributed by atoms with E-state index in [-0.39, 0.29) is 18.4 Å². The number of hydrogen-bond acceptors (Lipinski definition) is 4. The van der Waals surface area contributed by atoms with Crippen LogP contribution in [-0.2, 0) is 11.3 Å². The molecule has 0 radical (unpaired) electrons. The Kier molecular flexibility index (Phi) is 6.51. The van der Waals surface area contributed by atoms with Gasteiger partial charge in [-0.15, -0.1) is 0 Å². The molecule has 144 valence electrons. The molecule has 0 aliphatic heterocycles. The molecular formula is C21H23N5O2. The summed E-state index contributed by atoms with van der Waals surface area (Å²) in [5.41, 5.74) is 2.77. The molecular weight excluding hydrogens is 354 g/mol. The zero-order valence-electron chi connectivity index (χ0n) is 15.8. The van der Waals surface area contributed by atoms with Crippen molar-refractivity contribution in [2.45, 2.75) is 19.9 Å². The van der Waals surface area contributed by atoms with Crippen molar-refractivity contribution in [2.75, 3.05) is 13.1 Å². The van der Waals surface area contributed by atoms with Crippen LogP contribution in [0.25, 0.3) is 11.3 Å². The number of carbonyl (C=O) groups excluding carboxylic acids is 2. The van der Waals surface area contributed by atoms with E-state index in [0.717, 1.165) is 17.5 Å². The molecule has 0 aliphatic rings. The zero-order chi connectivity index (χ0) is 19.8. The number of hydrogen-bond donors (Lipinski definition) is 2. The first-order valence-electron chi connectivity index (χ1n) is 9.24. The van der Waals surface area contributed by atoms with E-state index in [1.807, 2.05) is 43.3 Å². The number of rotatable bonds is 8. The highest BCUT2D eigenvalue weighted by atomic mass is 16.2. The molecule has 2 aromatic heterocycles. The van der Waals surface area contributed by atoms with Crippen LogP contribution in [-0.4, -0.2) is 39.7 Å². The minimum absolute atomic E-state index is 0.0742. The Morgan fingerprint density at radius 3 is 2.61 bits per heavy atom. The van der Waals surface area contributed by atoms with Gasteiger partial charge in [0.25, 0.3) is 5.91 Å². The van der Waals surface area contributed by atoms with Crippen molar-refractivity contribution in [3.05, 3.63) is 72.2 Å². The zero-order valence-corrected chi connectivity index (χ0v) is 15.8. The topological polar surface area (TPSA) is 88.9 Å². The lowest BCUT2D eigenvalue weighted by Crippen LogP contribution is -2.37. The Bertz CT molecular complexity index is 922. The van der Waals surface area contributed by atoms with Gasteiger partial charge in [-0.2, -0.15) is 5.10 Å². The average Bonchev–Trinajstić information content (AvgIpc) is 3.15. The van der Waals surface area contributed by atoms with Crippen molar-refractivity contribution in [3.8, 4) is 11.3 Å². The Morgan fingerprint density at radius 1 is 1.07 bits per heavy atom. The largest absolute Gasteiger partial charge is 0.355 e. The van der Waals surface area contributed by atoms with Crippen LogP contribution in [0, 0.1) is 0 Å². The van der Waals surface area contributed by atoms with Gasteiger partial charge >= 0.3 is 0 Å². The molecule has 2 heterocycles. The van der Waals surface area contributed by atoms with E-state index in [9.17, 15) is 9.59 Å². The molecule has 3 aromatic rings. The standard InChI is InChI=1S/C21H23N5O2/c1-2-10-23-19(27)13-24-21(28)18-15-26(14-16-7-4-3-5-8-16)25-20(18)17-9-6-11-22-12-17/h3-9,11-12,15H,2,10,13-14H2,1H3,(H,23,27)(H,24,28). The predicted octanol–water partition coefficient (Wildman–Crippen LogP) is 2.25. The van der Waals surface area contributed by atoms with Crippen LogP contribution in [0.4, 0.5) is 0 Å². The molecule has 0 saturated heterocycles. The summed E-state index contributed by atoms with van der Waals surface area (Å²) >= 11 is 0. The van der Waals surface area contributed by atoms with Crippen LogP contribution >= 0.6 is 0 Å². The molecule has 2 N–H and O–H groups in total. The first-order valence-corrected chi connectivity index (χ1v) is 9.24. The summed E-state index contributed by atoms with van der Waals surface area (Å²) in [6.45, 7) is 3.03. The van der Waals surface area contributed by atoms with Gasteiger partial charge in [0, 0.05) is 30.7 Å². The lowest BCUT2D eigenvalue weighted by molar-refractivity contribution is -0.120. The maximum atomic E-state index is 12.7. The van der Waals surface area contributed by atoms with Crippen LogP contribution in [0.15, 0.2) is 61.1 Å². The van der Waals surface area contributed by atoms with E-state index in [1.54, 1.807) is 29.3 Å².